The minimum Gasteiger partial charge on any atom is -0.393 e. The average Bonchev–Trinajstić information content (AvgIpc) is 2.27. The van der Waals surface area contributed by atoms with Crippen LogP contribution in [0, 0.1) is 5.41 Å². The normalized spacial score (nSPS) is 14.4. The lowest BCUT2D eigenvalue weighted by molar-refractivity contribution is 0.0187. The molecule has 4 nitrogen and oxygen atoms in total. The summed E-state index contributed by atoms with van der Waals surface area (Å²) in [5.41, 5.74) is 1.57. The fourth-order valence-corrected chi connectivity index (χ4v) is 1.61. The molecular formula is C14H22N2O2. The summed E-state index contributed by atoms with van der Waals surface area (Å²) in [6.07, 6.45) is 1.90. The predicted octanol–water partition coefficient (Wildman–Crippen LogP) is 2.62. The molecule has 1 N–H and O–H groups in total. The molecule has 1 aromatic rings. The first-order valence-electron chi connectivity index (χ1n) is 6.14. The topological polar surface area (TPSA) is 54.7 Å². The zero-order valence-electron chi connectivity index (χ0n) is 11.6. The van der Waals surface area contributed by atoms with Gasteiger partial charge in [-0.3, -0.25) is 4.98 Å². The summed E-state index contributed by atoms with van der Waals surface area (Å²) in [4.78, 5) is 9.32. The number of aliphatic hydroxyl groups is 1. The Hall–Kier alpha value is -1.42. The van der Waals surface area contributed by atoms with Gasteiger partial charge in [0.15, 0.2) is 0 Å². The number of aromatic nitrogens is 1. The van der Waals surface area contributed by atoms with Crippen LogP contribution in [0.2, 0.25) is 0 Å². The number of rotatable bonds is 5. The van der Waals surface area contributed by atoms with Crippen molar-refractivity contribution in [2.75, 3.05) is 6.61 Å². The van der Waals surface area contributed by atoms with Crippen molar-refractivity contribution in [3.8, 4) is 0 Å². The van der Waals surface area contributed by atoms with Crippen LogP contribution < -0.4 is 0 Å². The molecule has 0 radical (unpaired) electrons. The molecule has 1 aromatic heterocycles. The molecule has 1 unspecified atom stereocenters. The standard InChI is InChI=1S/C14H22N2O2/c1-11(13-7-5-6-8-15-13)16-18-10-12(17)9-14(2,3)4/h5-8,12,17H,9-10H2,1-4H3/b16-11+. The Balaban J connectivity index is 2.41. The van der Waals surface area contributed by atoms with Gasteiger partial charge in [-0.2, -0.15) is 0 Å². The van der Waals surface area contributed by atoms with Crippen molar-refractivity contribution < 1.29 is 9.94 Å². The smallest absolute Gasteiger partial charge is 0.143 e. The average molecular weight is 250 g/mol. The van der Waals surface area contributed by atoms with Crippen molar-refractivity contribution in [3.63, 3.8) is 0 Å². The summed E-state index contributed by atoms with van der Waals surface area (Å²) in [5, 5.41) is 13.7. The molecular weight excluding hydrogens is 228 g/mol. The third-order valence-corrected chi connectivity index (χ3v) is 2.35. The lowest BCUT2D eigenvalue weighted by Crippen LogP contribution is -2.21. The number of nitrogens with zero attached hydrogens (tertiary/aromatic N) is 2. The fraction of sp³-hybridized carbons (Fsp3) is 0.571. The molecule has 0 aromatic carbocycles. The molecule has 0 amide bonds. The molecule has 100 valence electrons. The SMILES string of the molecule is C/C(=N\OCC(O)CC(C)(C)C)c1ccccn1. The molecule has 18 heavy (non-hydrogen) atoms. The second-order valence-corrected chi connectivity index (χ2v) is 5.61. The highest BCUT2D eigenvalue weighted by Crippen LogP contribution is 2.20. The van der Waals surface area contributed by atoms with Crippen molar-refractivity contribution >= 4 is 5.71 Å². The van der Waals surface area contributed by atoms with Gasteiger partial charge in [0.25, 0.3) is 0 Å². The third kappa shape index (κ3) is 5.77. The summed E-state index contributed by atoms with van der Waals surface area (Å²) in [6.45, 7) is 8.29. The Bertz CT molecular complexity index is 383. The van der Waals surface area contributed by atoms with E-state index in [1.807, 2.05) is 25.1 Å². The minimum absolute atomic E-state index is 0.0858. The van der Waals surface area contributed by atoms with E-state index >= 15 is 0 Å². The third-order valence-electron chi connectivity index (χ3n) is 2.35. The quantitative estimate of drug-likeness (QED) is 0.645. The van der Waals surface area contributed by atoms with E-state index in [-0.39, 0.29) is 12.0 Å². The van der Waals surface area contributed by atoms with E-state index in [0.717, 1.165) is 5.69 Å². The maximum Gasteiger partial charge on any atom is 0.143 e. The Morgan fingerprint density at radius 2 is 2.17 bits per heavy atom. The van der Waals surface area contributed by atoms with Gasteiger partial charge < -0.3 is 9.94 Å². The van der Waals surface area contributed by atoms with Gasteiger partial charge in [0, 0.05) is 6.20 Å². The molecule has 0 spiro atoms. The van der Waals surface area contributed by atoms with Crippen molar-refractivity contribution in [2.24, 2.45) is 10.6 Å². The van der Waals surface area contributed by atoms with E-state index in [1.54, 1.807) is 6.20 Å². The molecule has 0 saturated heterocycles. The van der Waals surface area contributed by atoms with Crippen LogP contribution in [0.25, 0.3) is 0 Å². The zero-order valence-corrected chi connectivity index (χ0v) is 11.6. The molecule has 1 heterocycles. The Labute approximate surface area is 109 Å². The van der Waals surface area contributed by atoms with Gasteiger partial charge in [-0.05, 0) is 30.9 Å². The maximum atomic E-state index is 9.76. The van der Waals surface area contributed by atoms with Crippen LogP contribution in [0.5, 0.6) is 0 Å². The van der Waals surface area contributed by atoms with Gasteiger partial charge in [0.2, 0.25) is 0 Å². The van der Waals surface area contributed by atoms with Gasteiger partial charge in [-0.1, -0.05) is 32.0 Å². The van der Waals surface area contributed by atoms with Gasteiger partial charge >= 0.3 is 0 Å². The van der Waals surface area contributed by atoms with Gasteiger partial charge in [0.05, 0.1) is 11.8 Å². The van der Waals surface area contributed by atoms with Crippen LogP contribution >= 0.6 is 0 Å². The van der Waals surface area contributed by atoms with Crippen LogP contribution in [0.15, 0.2) is 29.6 Å². The van der Waals surface area contributed by atoms with Gasteiger partial charge in [-0.15, -0.1) is 0 Å². The molecule has 0 fully saturated rings. The predicted molar refractivity (Wildman–Crippen MR) is 72.5 cm³/mol. The first-order valence-corrected chi connectivity index (χ1v) is 6.14. The lowest BCUT2D eigenvalue weighted by atomic mass is 9.89. The summed E-state index contributed by atoms with van der Waals surface area (Å²) in [7, 11) is 0. The van der Waals surface area contributed by atoms with Crippen molar-refractivity contribution in [1.29, 1.82) is 0 Å². The molecule has 1 rings (SSSR count). The van der Waals surface area contributed by atoms with Crippen LogP contribution in [0.3, 0.4) is 0 Å². The molecule has 0 aliphatic heterocycles. The van der Waals surface area contributed by atoms with Crippen LogP contribution in [-0.2, 0) is 4.84 Å². The number of pyridine rings is 1. The van der Waals surface area contributed by atoms with Crippen molar-refractivity contribution in [1.82, 2.24) is 4.98 Å². The van der Waals surface area contributed by atoms with Crippen LogP contribution in [0.1, 0.15) is 39.8 Å². The Morgan fingerprint density at radius 1 is 1.44 bits per heavy atom. The zero-order chi connectivity index (χ0) is 13.6. The summed E-state index contributed by atoms with van der Waals surface area (Å²) >= 11 is 0. The minimum atomic E-state index is -0.495. The second-order valence-electron chi connectivity index (χ2n) is 5.61. The summed E-state index contributed by atoms with van der Waals surface area (Å²) < 4.78 is 0. The Morgan fingerprint density at radius 3 is 2.72 bits per heavy atom. The number of oxime groups is 1. The van der Waals surface area contributed by atoms with E-state index in [4.69, 9.17) is 4.84 Å². The highest BCUT2D eigenvalue weighted by molar-refractivity contribution is 5.96. The highest BCUT2D eigenvalue weighted by Gasteiger charge is 2.17. The van der Waals surface area contributed by atoms with Crippen molar-refractivity contribution in [3.05, 3.63) is 30.1 Å². The molecule has 0 aliphatic rings. The number of hydrogen-bond donors (Lipinski definition) is 1. The second kappa shape index (κ2) is 6.50. The molecule has 4 heteroatoms. The van der Waals surface area contributed by atoms with Gasteiger partial charge in [0.1, 0.15) is 12.3 Å². The molecule has 0 bridgehead atoms. The summed E-state index contributed by atoms with van der Waals surface area (Å²) in [6, 6.07) is 5.62. The highest BCUT2D eigenvalue weighted by atomic mass is 16.6. The van der Waals surface area contributed by atoms with Crippen LogP contribution in [-0.4, -0.2) is 28.5 Å². The number of aliphatic hydroxyl groups excluding tert-OH is 1. The fourth-order valence-electron chi connectivity index (χ4n) is 1.61. The Kier molecular flexibility index (Phi) is 5.28. The van der Waals surface area contributed by atoms with E-state index in [1.165, 1.54) is 0 Å². The maximum absolute atomic E-state index is 9.76. The largest absolute Gasteiger partial charge is 0.393 e. The summed E-state index contributed by atoms with van der Waals surface area (Å²) in [5.74, 6) is 0. The monoisotopic (exact) mass is 250 g/mol. The van der Waals surface area contributed by atoms with Crippen molar-refractivity contribution in [2.45, 2.75) is 40.2 Å². The first-order chi connectivity index (χ1) is 8.38. The van der Waals surface area contributed by atoms with E-state index < -0.39 is 6.10 Å². The van der Waals surface area contributed by atoms with Gasteiger partial charge in [-0.25, -0.2) is 0 Å². The lowest BCUT2D eigenvalue weighted by Gasteiger charge is -2.21. The first kappa shape index (κ1) is 14.6. The van der Waals surface area contributed by atoms with E-state index in [2.05, 4.69) is 30.9 Å². The number of hydrogen-bond acceptors (Lipinski definition) is 4. The van der Waals surface area contributed by atoms with E-state index in [0.29, 0.717) is 12.1 Å². The molecule has 0 aliphatic carbocycles. The van der Waals surface area contributed by atoms with E-state index in [9.17, 15) is 5.11 Å². The molecule has 0 saturated carbocycles. The van der Waals surface area contributed by atoms with Crippen LogP contribution in [0.4, 0.5) is 0 Å². The molecule has 1 atom stereocenters.